The SMILES string of the molecule is C=CCNC(=O)c1nc2c(-c3c(F)cccc3OC)cccn2c1N. The zero-order valence-corrected chi connectivity index (χ0v) is 13.6. The molecule has 0 radical (unpaired) electrons. The Hall–Kier alpha value is -3.35. The van der Waals surface area contributed by atoms with E-state index in [4.69, 9.17) is 10.5 Å². The van der Waals surface area contributed by atoms with Crippen LogP contribution in [-0.2, 0) is 0 Å². The molecule has 2 heterocycles. The number of nitrogen functional groups attached to an aromatic ring is 1. The Balaban J connectivity index is 2.22. The number of carbonyl (C=O) groups excluding carboxylic acids is 1. The third-order valence-electron chi connectivity index (χ3n) is 3.77. The zero-order chi connectivity index (χ0) is 18.0. The van der Waals surface area contributed by atoms with Crippen LogP contribution in [0.4, 0.5) is 10.2 Å². The molecule has 1 aromatic carbocycles. The van der Waals surface area contributed by atoms with Gasteiger partial charge in [0.1, 0.15) is 23.0 Å². The van der Waals surface area contributed by atoms with Crippen molar-refractivity contribution >= 4 is 17.4 Å². The Bertz CT molecular complexity index is 965. The molecule has 0 atom stereocenters. The minimum absolute atomic E-state index is 0.0737. The highest BCUT2D eigenvalue weighted by Gasteiger charge is 2.21. The van der Waals surface area contributed by atoms with Gasteiger partial charge in [-0.05, 0) is 24.3 Å². The quantitative estimate of drug-likeness (QED) is 0.700. The van der Waals surface area contributed by atoms with Crippen LogP contribution in [0, 0.1) is 5.82 Å². The Morgan fingerprint density at radius 3 is 2.96 bits per heavy atom. The fourth-order valence-electron chi connectivity index (χ4n) is 2.63. The van der Waals surface area contributed by atoms with Crippen molar-refractivity contribution in [2.24, 2.45) is 0 Å². The first-order chi connectivity index (χ1) is 12.1. The average molecular weight is 340 g/mol. The number of rotatable bonds is 5. The Kier molecular flexibility index (Phi) is 4.38. The second-order valence-electron chi connectivity index (χ2n) is 5.28. The first-order valence-corrected chi connectivity index (χ1v) is 7.57. The van der Waals surface area contributed by atoms with Crippen LogP contribution in [-0.4, -0.2) is 28.9 Å². The van der Waals surface area contributed by atoms with Gasteiger partial charge < -0.3 is 15.8 Å². The summed E-state index contributed by atoms with van der Waals surface area (Å²) < 4.78 is 21.3. The molecule has 3 aromatic rings. The molecule has 3 rings (SSSR count). The summed E-state index contributed by atoms with van der Waals surface area (Å²) in [4.78, 5) is 16.5. The van der Waals surface area contributed by atoms with Crippen molar-refractivity contribution in [3.8, 4) is 16.9 Å². The number of carbonyl (C=O) groups is 1. The number of hydrogen-bond acceptors (Lipinski definition) is 4. The Labute approximate surface area is 143 Å². The number of ether oxygens (including phenoxy) is 1. The summed E-state index contributed by atoms with van der Waals surface area (Å²) in [6.45, 7) is 3.84. The lowest BCUT2D eigenvalue weighted by Crippen LogP contribution is -2.24. The molecule has 7 heteroatoms. The predicted octanol–water partition coefficient (Wildman–Crippen LogP) is 2.65. The van der Waals surface area contributed by atoms with E-state index in [1.807, 2.05) is 0 Å². The number of fused-ring (bicyclic) bond motifs is 1. The van der Waals surface area contributed by atoms with Crippen LogP contribution in [0.5, 0.6) is 5.75 Å². The molecule has 25 heavy (non-hydrogen) atoms. The normalized spacial score (nSPS) is 10.6. The lowest BCUT2D eigenvalue weighted by molar-refractivity contribution is 0.0954. The zero-order valence-electron chi connectivity index (χ0n) is 13.6. The molecule has 0 fully saturated rings. The Morgan fingerprint density at radius 1 is 1.44 bits per heavy atom. The number of methoxy groups -OCH3 is 1. The van der Waals surface area contributed by atoms with Gasteiger partial charge >= 0.3 is 0 Å². The lowest BCUT2D eigenvalue weighted by atomic mass is 10.1. The van der Waals surface area contributed by atoms with Crippen molar-refractivity contribution in [2.75, 3.05) is 19.4 Å². The molecule has 0 aliphatic heterocycles. The summed E-state index contributed by atoms with van der Waals surface area (Å²) in [5.74, 6) is -0.333. The minimum Gasteiger partial charge on any atom is -0.496 e. The molecular weight excluding hydrogens is 323 g/mol. The monoisotopic (exact) mass is 340 g/mol. The molecule has 128 valence electrons. The number of anilines is 1. The molecule has 3 N–H and O–H groups in total. The number of nitrogens with two attached hydrogens (primary N) is 1. The van der Waals surface area contributed by atoms with E-state index in [0.29, 0.717) is 23.5 Å². The number of benzene rings is 1. The largest absolute Gasteiger partial charge is 0.496 e. The van der Waals surface area contributed by atoms with E-state index in [0.717, 1.165) is 0 Å². The topological polar surface area (TPSA) is 81.6 Å². The van der Waals surface area contributed by atoms with E-state index in [-0.39, 0.29) is 17.1 Å². The van der Waals surface area contributed by atoms with E-state index >= 15 is 0 Å². The maximum atomic E-state index is 14.4. The van der Waals surface area contributed by atoms with Crippen molar-refractivity contribution in [3.63, 3.8) is 0 Å². The van der Waals surface area contributed by atoms with Gasteiger partial charge in [-0.1, -0.05) is 12.1 Å². The number of nitrogens with one attached hydrogen (secondary N) is 1. The van der Waals surface area contributed by atoms with Gasteiger partial charge in [0.15, 0.2) is 5.69 Å². The van der Waals surface area contributed by atoms with E-state index in [2.05, 4.69) is 16.9 Å². The van der Waals surface area contributed by atoms with Crippen LogP contribution >= 0.6 is 0 Å². The van der Waals surface area contributed by atoms with Crippen LogP contribution < -0.4 is 15.8 Å². The van der Waals surface area contributed by atoms with Crippen LogP contribution in [0.1, 0.15) is 10.5 Å². The molecular formula is C18H17FN4O2. The third-order valence-corrected chi connectivity index (χ3v) is 3.77. The number of pyridine rings is 1. The first-order valence-electron chi connectivity index (χ1n) is 7.57. The number of amides is 1. The summed E-state index contributed by atoms with van der Waals surface area (Å²) in [6.07, 6.45) is 3.22. The van der Waals surface area contributed by atoms with E-state index in [1.54, 1.807) is 40.9 Å². The van der Waals surface area contributed by atoms with Crippen LogP contribution in [0.15, 0.2) is 49.2 Å². The lowest BCUT2D eigenvalue weighted by Gasteiger charge is -2.10. The molecule has 0 spiro atoms. The Morgan fingerprint density at radius 2 is 2.24 bits per heavy atom. The molecule has 6 nitrogen and oxygen atoms in total. The summed E-state index contributed by atoms with van der Waals surface area (Å²) in [5.41, 5.74) is 7.24. The maximum absolute atomic E-state index is 14.4. The van der Waals surface area contributed by atoms with E-state index in [9.17, 15) is 9.18 Å². The van der Waals surface area contributed by atoms with Gasteiger partial charge in [-0.3, -0.25) is 9.20 Å². The number of halogens is 1. The van der Waals surface area contributed by atoms with Crippen LogP contribution in [0.2, 0.25) is 0 Å². The highest BCUT2D eigenvalue weighted by Crippen LogP contribution is 2.35. The molecule has 0 saturated heterocycles. The maximum Gasteiger partial charge on any atom is 0.274 e. The van der Waals surface area contributed by atoms with Gasteiger partial charge in [-0.2, -0.15) is 0 Å². The highest BCUT2D eigenvalue weighted by molar-refractivity contribution is 5.99. The molecule has 0 unspecified atom stereocenters. The average Bonchev–Trinajstić information content (AvgIpc) is 2.96. The number of aromatic nitrogens is 2. The van der Waals surface area contributed by atoms with Crippen molar-refractivity contribution in [1.29, 1.82) is 0 Å². The van der Waals surface area contributed by atoms with Crippen molar-refractivity contribution in [3.05, 3.63) is 60.7 Å². The fraction of sp³-hybridized carbons (Fsp3) is 0.111. The number of hydrogen-bond donors (Lipinski definition) is 2. The third kappa shape index (κ3) is 2.80. The molecule has 0 bridgehead atoms. The van der Waals surface area contributed by atoms with Gasteiger partial charge in [0.05, 0.1) is 12.7 Å². The first kappa shape index (κ1) is 16.5. The van der Waals surface area contributed by atoms with Crippen molar-refractivity contribution in [1.82, 2.24) is 14.7 Å². The molecule has 2 aromatic heterocycles. The van der Waals surface area contributed by atoms with Gasteiger partial charge in [0.25, 0.3) is 5.91 Å². The highest BCUT2D eigenvalue weighted by atomic mass is 19.1. The van der Waals surface area contributed by atoms with Crippen LogP contribution in [0.3, 0.4) is 0 Å². The summed E-state index contributed by atoms with van der Waals surface area (Å²) in [5, 5.41) is 2.63. The molecule has 1 amide bonds. The minimum atomic E-state index is -0.452. The van der Waals surface area contributed by atoms with Gasteiger partial charge in [0.2, 0.25) is 0 Å². The number of imidazole rings is 1. The van der Waals surface area contributed by atoms with Gasteiger partial charge in [0, 0.05) is 18.3 Å². The van der Waals surface area contributed by atoms with E-state index in [1.165, 1.54) is 13.2 Å². The second-order valence-corrected chi connectivity index (χ2v) is 5.28. The van der Waals surface area contributed by atoms with Gasteiger partial charge in [-0.25, -0.2) is 9.37 Å². The van der Waals surface area contributed by atoms with Crippen molar-refractivity contribution in [2.45, 2.75) is 0 Å². The molecule has 0 aliphatic rings. The molecule has 0 saturated carbocycles. The number of nitrogens with zero attached hydrogens (tertiary/aromatic N) is 2. The van der Waals surface area contributed by atoms with E-state index < -0.39 is 11.7 Å². The summed E-state index contributed by atoms with van der Waals surface area (Å²) >= 11 is 0. The standard InChI is InChI=1S/C18H17FN4O2/c1-3-9-21-18(24)15-16(20)23-10-5-6-11(17(23)22-15)14-12(19)7-4-8-13(14)25-2/h3-8,10H,1,9,20H2,2H3,(H,21,24). The predicted molar refractivity (Wildman–Crippen MR) is 94.1 cm³/mol. The molecule has 0 aliphatic carbocycles. The fourth-order valence-corrected chi connectivity index (χ4v) is 2.63. The van der Waals surface area contributed by atoms with Gasteiger partial charge in [-0.15, -0.1) is 6.58 Å². The van der Waals surface area contributed by atoms with Crippen molar-refractivity contribution < 1.29 is 13.9 Å². The van der Waals surface area contributed by atoms with Crippen LogP contribution in [0.25, 0.3) is 16.8 Å². The second kappa shape index (κ2) is 6.64. The smallest absolute Gasteiger partial charge is 0.274 e. The summed E-state index contributed by atoms with van der Waals surface area (Å²) in [7, 11) is 1.46. The summed E-state index contributed by atoms with van der Waals surface area (Å²) in [6, 6.07) is 7.97.